The third kappa shape index (κ3) is 2.61. The molecule has 0 aromatic rings. The van der Waals surface area contributed by atoms with Crippen molar-refractivity contribution < 1.29 is 5.11 Å². The van der Waals surface area contributed by atoms with Crippen LogP contribution in [0.5, 0.6) is 0 Å². The average molecular weight is 399 g/mol. The van der Waals surface area contributed by atoms with Crippen molar-refractivity contribution >= 4 is 0 Å². The Morgan fingerprint density at radius 3 is 2.34 bits per heavy atom. The minimum Gasteiger partial charge on any atom is -0.393 e. The van der Waals surface area contributed by atoms with Crippen LogP contribution in [0.1, 0.15) is 92.9 Å². The fraction of sp³-hybridized carbons (Fsp3) is 0.929. The van der Waals surface area contributed by atoms with E-state index < -0.39 is 0 Å². The SMILES string of the molecule is CC(C)[C@@H](C)C=C[C@@H](C)[C@H]1CC[C@H]2[C@@H]3C[C@H](O)C45CC4CC[C@]5(C)[C@H]3CC[C@]12C. The van der Waals surface area contributed by atoms with Gasteiger partial charge < -0.3 is 5.11 Å². The van der Waals surface area contributed by atoms with Crippen LogP contribution in [0.25, 0.3) is 0 Å². The lowest BCUT2D eigenvalue weighted by atomic mass is 9.45. The van der Waals surface area contributed by atoms with E-state index in [0.717, 1.165) is 41.9 Å². The van der Waals surface area contributed by atoms with Crippen LogP contribution in [0.3, 0.4) is 0 Å². The highest BCUT2D eigenvalue weighted by atomic mass is 16.3. The van der Waals surface area contributed by atoms with Crippen molar-refractivity contribution in [3.8, 4) is 0 Å². The number of aliphatic hydroxyl groups is 1. The van der Waals surface area contributed by atoms with E-state index in [1.807, 2.05) is 0 Å². The minimum absolute atomic E-state index is 0.00754. The van der Waals surface area contributed by atoms with Crippen LogP contribution in [0.15, 0.2) is 12.2 Å². The Hall–Kier alpha value is -0.300. The van der Waals surface area contributed by atoms with Crippen LogP contribution in [0, 0.1) is 63.6 Å². The maximum absolute atomic E-state index is 11.3. The molecule has 1 nitrogen and oxygen atoms in total. The molecule has 0 aliphatic heterocycles. The van der Waals surface area contributed by atoms with Gasteiger partial charge in [0.1, 0.15) is 0 Å². The van der Waals surface area contributed by atoms with Crippen molar-refractivity contribution in [3.05, 3.63) is 12.2 Å². The van der Waals surface area contributed by atoms with E-state index in [1.165, 1.54) is 44.9 Å². The smallest absolute Gasteiger partial charge is 0.0607 e. The van der Waals surface area contributed by atoms with Crippen molar-refractivity contribution in [1.82, 2.24) is 0 Å². The maximum Gasteiger partial charge on any atom is 0.0607 e. The van der Waals surface area contributed by atoms with Gasteiger partial charge in [-0.1, -0.05) is 53.7 Å². The number of allylic oxidation sites excluding steroid dienone is 2. The average Bonchev–Trinajstić information content (AvgIpc) is 3.20. The number of aliphatic hydroxyl groups excluding tert-OH is 1. The van der Waals surface area contributed by atoms with E-state index >= 15 is 0 Å². The number of fused-ring (bicyclic) bond motifs is 4. The van der Waals surface area contributed by atoms with Crippen LogP contribution >= 0.6 is 0 Å². The Morgan fingerprint density at radius 1 is 0.897 bits per heavy atom. The number of hydrogen-bond acceptors (Lipinski definition) is 1. The van der Waals surface area contributed by atoms with Gasteiger partial charge in [0.2, 0.25) is 0 Å². The van der Waals surface area contributed by atoms with Crippen molar-refractivity contribution in [2.75, 3.05) is 0 Å². The quantitative estimate of drug-likeness (QED) is 0.501. The Morgan fingerprint density at radius 2 is 1.66 bits per heavy atom. The predicted molar refractivity (Wildman–Crippen MR) is 121 cm³/mol. The van der Waals surface area contributed by atoms with E-state index in [1.54, 1.807) is 0 Å². The number of hydrogen-bond donors (Lipinski definition) is 1. The van der Waals surface area contributed by atoms with Gasteiger partial charge in [-0.05, 0) is 110 Å². The summed E-state index contributed by atoms with van der Waals surface area (Å²) in [6, 6.07) is 0. The lowest BCUT2D eigenvalue weighted by Crippen LogP contribution is -2.56. The highest BCUT2D eigenvalue weighted by molar-refractivity contribution is 5.25. The fourth-order valence-electron chi connectivity index (χ4n) is 9.92. The maximum atomic E-state index is 11.3. The second-order valence-corrected chi connectivity index (χ2v) is 13.1. The molecule has 11 atom stereocenters. The molecule has 2 unspecified atom stereocenters. The first-order chi connectivity index (χ1) is 13.6. The van der Waals surface area contributed by atoms with E-state index in [0.29, 0.717) is 28.1 Å². The number of rotatable bonds is 4. The molecule has 1 spiro atoms. The molecule has 0 heterocycles. The second-order valence-electron chi connectivity index (χ2n) is 13.1. The largest absolute Gasteiger partial charge is 0.393 e. The zero-order chi connectivity index (χ0) is 20.8. The summed E-state index contributed by atoms with van der Waals surface area (Å²) >= 11 is 0. The van der Waals surface area contributed by atoms with Crippen molar-refractivity contribution in [1.29, 1.82) is 0 Å². The zero-order valence-corrected chi connectivity index (χ0v) is 20.0. The Labute approximate surface area is 180 Å². The first-order valence-electron chi connectivity index (χ1n) is 13.0. The summed E-state index contributed by atoms with van der Waals surface area (Å²) in [7, 11) is 0. The summed E-state index contributed by atoms with van der Waals surface area (Å²) in [6.45, 7) is 14.8. The summed E-state index contributed by atoms with van der Waals surface area (Å²) in [5.74, 6) is 6.33. The van der Waals surface area contributed by atoms with Crippen molar-refractivity contribution in [2.45, 2.75) is 99.0 Å². The van der Waals surface area contributed by atoms with Crippen LogP contribution < -0.4 is 0 Å². The lowest BCUT2D eigenvalue weighted by Gasteiger charge is -2.60. The van der Waals surface area contributed by atoms with E-state index in [2.05, 4.69) is 53.7 Å². The molecule has 5 saturated carbocycles. The topological polar surface area (TPSA) is 20.2 Å². The molecule has 0 saturated heterocycles. The van der Waals surface area contributed by atoms with Gasteiger partial charge in [-0.3, -0.25) is 0 Å². The van der Waals surface area contributed by atoms with Crippen LogP contribution in [-0.4, -0.2) is 11.2 Å². The summed E-state index contributed by atoms with van der Waals surface area (Å²) in [5.41, 5.74) is 1.27. The molecule has 1 N–H and O–H groups in total. The van der Waals surface area contributed by atoms with Gasteiger partial charge in [0.05, 0.1) is 6.10 Å². The van der Waals surface area contributed by atoms with Crippen LogP contribution in [0.4, 0.5) is 0 Å². The first-order valence-corrected chi connectivity index (χ1v) is 13.0. The molecule has 0 radical (unpaired) electrons. The van der Waals surface area contributed by atoms with Gasteiger partial charge in [-0.25, -0.2) is 0 Å². The van der Waals surface area contributed by atoms with Crippen LogP contribution in [0.2, 0.25) is 0 Å². The van der Waals surface area contributed by atoms with Gasteiger partial charge in [0.15, 0.2) is 0 Å². The molecule has 0 aromatic carbocycles. The molecule has 0 bridgehead atoms. The third-order valence-electron chi connectivity index (χ3n) is 12.1. The molecule has 29 heavy (non-hydrogen) atoms. The van der Waals surface area contributed by atoms with Gasteiger partial charge >= 0.3 is 0 Å². The first kappa shape index (κ1) is 20.6. The fourth-order valence-corrected chi connectivity index (χ4v) is 9.92. The zero-order valence-electron chi connectivity index (χ0n) is 20.0. The van der Waals surface area contributed by atoms with Gasteiger partial charge in [0.25, 0.3) is 0 Å². The highest BCUT2D eigenvalue weighted by Gasteiger charge is 2.77. The standard InChI is InChI=1S/C28H46O/c1-17(2)18(3)7-8-19(4)22-9-10-23-21-15-25(29)28-16-20(28)11-14-27(28,6)24(21)12-13-26(22,23)5/h7-8,17-25,29H,9-16H2,1-6H3/t18-,19+,20?,21-,22+,23-,24-,25-,26+,27+,28?/m0/s1. The predicted octanol–water partition coefficient (Wildman–Crippen LogP) is 7.10. The molecule has 5 rings (SSSR count). The third-order valence-corrected chi connectivity index (χ3v) is 12.1. The molecule has 1 heteroatoms. The van der Waals surface area contributed by atoms with E-state index in [4.69, 9.17) is 0 Å². The lowest BCUT2D eigenvalue weighted by molar-refractivity contribution is -0.151. The van der Waals surface area contributed by atoms with Crippen LogP contribution in [-0.2, 0) is 0 Å². The normalized spacial score (nSPS) is 55.3. The molecule has 0 aromatic heterocycles. The highest BCUT2D eigenvalue weighted by Crippen LogP contribution is 2.81. The van der Waals surface area contributed by atoms with Gasteiger partial charge in [-0.2, -0.15) is 0 Å². The summed E-state index contributed by atoms with van der Waals surface area (Å²) in [6.07, 6.45) is 16.0. The monoisotopic (exact) mass is 398 g/mol. The molecule has 0 amide bonds. The van der Waals surface area contributed by atoms with Gasteiger partial charge in [0, 0.05) is 5.41 Å². The van der Waals surface area contributed by atoms with Crippen molar-refractivity contribution in [3.63, 3.8) is 0 Å². The molecular weight excluding hydrogens is 352 g/mol. The van der Waals surface area contributed by atoms with Crippen molar-refractivity contribution in [2.24, 2.45) is 63.6 Å². The minimum atomic E-state index is -0.00754. The molecule has 164 valence electrons. The Kier molecular flexibility index (Phi) is 4.69. The Bertz CT molecular complexity index is 680. The summed E-state index contributed by atoms with van der Waals surface area (Å²) < 4.78 is 0. The molecule has 5 aliphatic rings. The Balaban J connectivity index is 1.37. The summed E-state index contributed by atoms with van der Waals surface area (Å²) in [5, 5.41) is 11.3. The van der Waals surface area contributed by atoms with E-state index in [-0.39, 0.29) is 6.10 Å². The van der Waals surface area contributed by atoms with Gasteiger partial charge in [-0.15, -0.1) is 0 Å². The molecular formula is C28H46O. The molecule has 5 aliphatic carbocycles. The van der Waals surface area contributed by atoms with E-state index in [9.17, 15) is 5.11 Å². The summed E-state index contributed by atoms with van der Waals surface area (Å²) in [4.78, 5) is 0. The molecule has 5 fully saturated rings. The second kappa shape index (κ2) is 6.60.